The number of H-pyrrole nitrogens is 1. The first kappa shape index (κ1) is 30.6. The Morgan fingerprint density at radius 2 is 1.76 bits per heavy atom. The summed E-state index contributed by atoms with van der Waals surface area (Å²) in [7, 11) is 0. The van der Waals surface area contributed by atoms with Crippen LogP contribution in [0.1, 0.15) is 64.3 Å². The Kier molecular flexibility index (Phi) is 7.81. The van der Waals surface area contributed by atoms with Gasteiger partial charge in [-0.3, -0.25) is 24.0 Å². The van der Waals surface area contributed by atoms with Crippen molar-refractivity contribution in [3.63, 3.8) is 0 Å². The van der Waals surface area contributed by atoms with E-state index in [1.54, 1.807) is 6.07 Å². The molecule has 1 saturated heterocycles. The number of rotatable bonds is 7. The van der Waals surface area contributed by atoms with Gasteiger partial charge in [-0.2, -0.15) is 13.2 Å². The molecule has 2 heterocycles. The molecule has 1 aromatic heterocycles. The Balaban J connectivity index is 1.58. The van der Waals surface area contributed by atoms with Crippen LogP contribution in [-0.4, -0.2) is 64.4 Å². The minimum absolute atomic E-state index is 0.100. The Labute approximate surface area is 236 Å². The lowest BCUT2D eigenvalue weighted by atomic mass is 9.85. The van der Waals surface area contributed by atoms with Gasteiger partial charge >= 0.3 is 12.1 Å². The van der Waals surface area contributed by atoms with Crippen LogP contribution in [0.3, 0.4) is 0 Å². The van der Waals surface area contributed by atoms with Crippen LogP contribution < -0.4 is 21.9 Å². The van der Waals surface area contributed by atoms with Crippen molar-refractivity contribution in [1.82, 2.24) is 20.5 Å². The molecule has 5 atom stereocenters. The number of carbonyl (C=O) groups is 4. The molecule has 1 aliphatic heterocycles. The monoisotopic (exact) mass is 581 g/mol. The number of pyridine rings is 1. The number of aryl methyl sites for hydroxylation is 2. The predicted octanol–water partition coefficient (Wildman–Crippen LogP) is 1.34. The molecule has 0 radical (unpaired) electrons. The van der Waals surface area contributed by atoms with E-state index >= 15 is 0 Å². The maximum absolute atomic E-state index is 13.7. The summed E-state index contributed by atoms with van der Waals surface area (Å²) < 4.78 is 39.2. The molecule has 1 aromatic rings. The Morgan fingerprint density at radius 3 is 2.34 bits per heavy atom. The highest BCUT2D eigenvalue weighted by molar-refractivity contribution is 5.96. The van der Waals surface area contributed by atoms with Gasteiger partial charge in [0.15, 0.2) is 0 Å². The van der Waals surface area contributed by atoms with E-state index < -0.39 is 53.3 Å². The summed E-state index contributed by atoms with van der Waals surface area (Å²) in [6.45, 7) is 8.50. The topological polar surface area (TPSA) is 154 Å². The number of aromatic amines is 1. The van der Waals surface area contributed by atoms with Crippen molar-refractivity contribution < 1.29 is 32.3 Å². The second kappa shape index (κ2) is 10.5. The molecule has 5 N–H and O–H groups in total. The molecule has 3 aliphatic rings. The van der Waals surface area contributed by atoms with E-state index in [-0.39, 0.29) is 35.8 Å². The largest absolute Gasteiger partial charge is 0.471 e. The van der Waals surface area contributed by atoms with E-state index in [4.69, 9.17) is 5.73 Å². The molecule has 1 unspecified atom stereocenters. The van der Waals surface area contributed by atoms with Crippen molar-refractivity contribution in [2.24, 2.45) is 28.4 Å². The third-order valence-corrected chi connectivity index (χ3v) is 8.91. The van der Waals surface area contributed by atoms with E-state index in [1.807, 2.05) is 19.2 Å². The van der Waals surface area contributed by atoms with E-state index in [9.17, 15) is 37.1 Å². The Morgan fingerprint density at radius 1 is 1.12 bits per heavy atom. The van der Waals surface area contributed by atoms with Gasteiger partial charge in [0.2, 0.25) is 17.7 Å². The minimum atomic E-state index is -5.20. The zero-order chi connectivity index (χ0) is 30.7. The van der Waals surface area contributed by atoms with Crippen molar-refractivity contribution in [3.05, 3.63) is 33.2 Å². The SMILES string of the molecule is CC(C)(C)[C@H](NC(=O)C(F)(F)F)C(=O)N1C[C@H]2[C@@H]([C@H]1C(=O)NC(Cc1cc3c([nH]c1=O)CCCC3)C(N)=O)C2(C)C. The first-order chi connectivity index (χ1) is 18.8. The van der Waals surface area contributed by atoms with E-state index in [2.05, 4.69) is 10.3 Å². The van der Waals surface area contributed by atoms with Gasteiger partial charge in [0.05, 0.1) is 0 Å². The molecule has 4 amide bonds. The second-order valence-corrected chi connectivity index (χ2v) is 13.2. The molecule has 2 aliphatic carbocycles. The van der Waals surface area contributed by atoms with Crippen molar-refractivity contribution in [3.8, 4) is 0 Å². The van der Waals surface area contributed by atoms with Crippen molar-refractivity contribution in [1.29, 1.82) is 0 Å². The van der Waals surface area contributed by atoms with Crippen LogP contribution in [0.4, 0.5) is 13.2 Å². The number of nitrogens with zero attached hydrogens (tertiary/aromatic N) is 1. The highest BCUT2D eigenvalue weighted by Crippen LogP contribution is 2.65. The summed E-state index contributed by atoms with van der Waals surface area (Å²) in [6.07, 6.45) is -1.88. The minimum Gasteiger partial charge on any atom is -0.368 e. The number of fused-ring (bicyclic) bond motifs is 2. The third-order valence-electron chi connectivity index (χ3n) is 8.91. The molecule has 0 spiro atoms. The zero-order valence-electron chi connectivity index (χ0n) is 23.9. The second-order valence-electron chi connectivity index (χ2n) is 13.2. The number of primary amides is 1. The van der Waals surface area contributed by atoms with Crippen LogP contribution in [0.5, 0.6) is 0 Å². The number of nitrogens with two attached hydrogens (primary N) is 1. The zero-order valence-corrected chi connectivity index (χ0v) is 23.9. The number of nitrogens with one attached hydrogen (secondary N) is 3. The standard InChI is InChI=1S/C28H38F3N5O5/c1-26(2,3)20(35-25(41)28(29,30)31)24(40)36-12-15-18(27(15,4)5)19(36)23(39)34-17(21(32)37)11-14-10-13-8-6-7-9-16(13)33-22(14)38/h10,15,17-20H,6-9,11-12H2,1-5H3,(H2,32,37)(H,33,38)(H,34,39)(H,35,41)/t15-,17?,18-,19-,20+/m0/s1. The lowest BCUT2D eigenvalue weighted by molar-refractivity contribution is -0.176. The van der Waals surface area contributed by atoms with Gasteiger partial charge in [-0.1, -0.05) is 34.6 Å². The number of hydrogen-bond acceptors (Lipinski definition) is 5. The lowest BCUT2D eigenvalue weighted by Gasteiger charge is -2.38. The molecule has 10 nitrogen and oxygen atoms in total. The number of aromatic nitrogens is 1. The molecule has 4 rings (SSSR count). The van der Waals surface area contributed by atoms with Gasteiger partial charge in [-0.15, -0.1) is 0 Å². The summed E-state index contributed by atoms with van der Waals surface area (Å²) in [5, 5.41) is 4.42. The lowest BCUT2D eigenvalue weighted by Crippen LogP contribution is -2.61. The molecule has 226 valence electrons. The van der Waals surface area contributed by atoms with E-state index in [1.165, 1.54) is 25.7 Å². The third kappa shape index (κ3) is 5.99. The highest BCUT2D eigenvalue weighted by Gasteiger charge is 2.70. The van der Waals surface area contributed by atoms with Gasteiger partial charge < -0.3 is 26.3 Å². The first-order valence-corrected chi connectivity index (χ1v) is 13.9. The number of hydrogen-bond donors (Lipinski definition) is 4. The van der Waals surface area contributed by atoms with Crippen LogP contribution in [-0.2, 0) is 38.4 Å². The number of carbonyl (C=O) groups excluding carboxylic acids is 4. The average Bonchev–Trinajstić information content (AvgIpc) is 3.18. The van der Waals surface area contributed by atoms with Crippen LogP contribution in [0.2, 0.25) is 0 Å². The fourth-order valence-corrected chi connectivity index (χ4v) is 6.42. The molecule has 13 heteroatoms. The van der Waals surface area contributed by atoms with Crippen molar-refractivity contribution in [2.45, 2.75) is 91.0 Å². The fourth-order valence-electron chi connectivity index (χ4n) is 6.42. The quantitative estimate of drug-likeness (QED) is 0.383. The Hall–Kier alpha value is -3.38. The van der Waals surface area contributed by atoms with Gasteiger partial charge in [0, 0.05) is 24.2 Å². The Bertz CT molecular complexity index is 1320. The van der Waals surface area contributed by atoms with Gasteiger partial charge in [0.25, 0.3) is 5.56 Å². The maximum Gasteiger partial charge on any atom is 0.471 e. The summed E-state index contributed by atoms with van der Waals surface area (Å²) >= 11 is 0. The first-order valence-electron chi connectivity index (χ1n) is 13.9. The van der Waals surface area contributed by atoms with Crippen LogP contribution in [0.15, 0.2) is 10.9 Å². The van der Waals surface area contributed by atoms with Gasteiger partial charge in [-0.25, -0.2) is 0 Å². The van der Waals surface area contributed by atoms with Gasteiger partial charge in [0.1, 0.15) is 18.1 Å². The molecule has 0 bridgehead atoms. The fraction of sp³-hybridized carbons (Fsp3) is 0.679. The molecule has 41 heavy (non-hydrogen) atoms. The van der Waals surface area contributed by atoms with Crippen molar-refractivity contribution in [2.75, 3.05) is 6.54 Å². The maximum atomic E-state index is 13.7. The highest BCUT2D eigenvalue weighted by atomic mass is 19.4. The number of halogens is 3. The summed E-state index contributed by atoms with van der Waals surface area (Å²) in [5.41, 5.74) is 5.93. The molecule has 1 saturated carbocycles. The number of piperidine rings is 1. The van der Waals surface area contributed by atoms with Crippen molar-refractivity contribution >= 4 is 23.6 Å². The summed E-state index contributed by atoms with van der Waals surface area (Å²) in [6, 6.07) is -2.18. The van der Waals surface area contributed by atoms with E-state index in [0.29, 0.717) is 5.56 Å². The molecular formula is C28H38F3N5O5. The van der Waals surface area contributed by atoms with E-state index in [0.717, 1.165) is 36.9 Å². The smallest absolute Gasteiger partial charge is 0.368 e. The molecular weight excluding hydrogens is 543 g/mol. The normalized spacial score (nSPS) is 24.5. The molecule has 0 aromatic carbocycles. The number of likely N-dealkylation sites (tertiary alicyclic amines) is 1. The van der Waals surface area contributed by atoms with Crippen LogP contribution in [0, 0.1) is 22.7 Å². The average molecular weight is 582 g/mol. The summed E-state index contributed by atoms with van der Waals surface area (Å²) in [5.74, 6) is -5.05. The van der Waals surface area contributed by atoms with Crippen LogP contribution in [0.25, 0.3) is 0 Å². The predicted molar refractivity (Wildman–Crippen MR) is 142 cm³/mol. The number of alkyl halides is 3. The number of amides is 4. The van der Waals surface area contributed by atoms with Crippen LogP contribution >= 0.6 is 0 Å². The summed E-state index contributed by atoms with van der Waals surface area (Å²) in [4.78, 5) is 68.3. The molecule has 2 fully saturated rings. The van der Waals surface area contributed by atoms with Gasteiger partial charge in [-0.05, 0) is 60.0 Å².